The maximum atomic E-state index is 10.7. The van der Waals surface area contributed by atoms with Crippen LogP contribution >= 0.6 is 11.6 Å². The van der Waals surface area contributed by atoms with Crippen molar-refractivity contribution in [2.45, 2.75) is 0 Å². The van der Waals surface area contributed by atoms with Crippen molar-refractivity contribution < 1.29 is 14.3 Å². The molecule has 13 heavy (non-hydrogen) atoms. The number of benzene rings is 1. The zero-order chi connectivity index (χ0) is 9.84. The van der Waals surface area contributed by atoms with Gasteiger partial charge in [0.2, 0.25) is 0 Å². The molecule has 0 unspecified atom stereocenters. The molecule has 5 heteroatoms. The van der Waals surface area contributed by atoms with Gasteiger partial charge in [0, 0.05) is 5.02 Å². The van der Waals surface area contributed by atoms with Crippen LogP contribution in [0.25, 0.3) is 0 Å². The normalized spacial score (nSPS) is 9.31. The lowest BCUT2D eigenvalue weighted by molar-refractivity contribution is -0.146. The minimum atomic E-state index is -1.13. The summed E-state index contributed by atoms with van der Waals surface area (Å²) in [6.45, 7) is 0. The van der Waals surface area contributed by atoms with Gasteiger partial charge in [-0.25, -0.2) is 4.79 Å². The summed E-state index contributed by atoms with van der Waals surface area (Å²) in [5, 5.41) is 0.513. The van der Waals surface area contributed by atoms with Crippen LogP contribution in [0.5, 0.6) is 5.75 Å². The lowest BCUT2D eigenvalue weighted by atomic mass is 10.3. The Morgan fingerprint density at radius 1 is 1.23 bits per heavy atom. The molecule has 1 amide bonds. The van der Waals surface area contributed by atoms with Crippen molar-refractivity contribution in [1.82, 2.24) is 0 Å². The first-order valence-corrected chi connectivity index (χ1v) is 3.74. The number of ether oxygens (including phenoxy) is 1. The number of halogens is 1. The highest BCUT2D eigenvalue weighted by atomic mass is 35.5. The maximum Gasteiger partial charge on any atom is 0.401 e. The summed E-state index contributed by atoms with van der Waals surface area (Å²) in [5.74, 6) is -1.99. The minimum absolute atomic E-state index is 0.230. The van der Waals surface area contributed by atoms with E-state index in [1.54, 1.807) is 0 Å². The molecule has 0 fully saturated rings. The van der Waals surface area contributed by atoms with Crippen molar-refractivity contribution in [3.05, 3.63) is 29.3 Å². The van der Waals surface area contributed by atoms with Crippen LogP contribution in [0, 0.1) is 0 Å². The highest BCUT2D eigenvalue weighted by molar-refractivity contribution is 6.32. The second-order valence-corrected chi connectivity index (χ2v) is 2.64. The molecule has 0 atom stereocenters. The van der Waals surface area contributed by atoms with Crippen LogP contribution in [0.1, 0.15) is 0 Å². The van der Waals surface area contributed by atoms with E-state index in [2.05, 4.69) is 10.5 Å². The lowest BCUT2D eigenvalue weighted by Gasteiger charge is -2.00. The van der Waals surface area contributed by atoms with Gasteiger partial charge in [-0.15, -0.1) is 0 Å². The average Bonchev–Trinajstić information content (AvgIpc) is 2.08. The van der Waals surface area contributed by atoms with Crippen molar-refractivity contribution in [3.8, 4) is 5.75 Å². The van der Waals surface area contributed by atoms with E-state index in [4.69, 9.17) is 11.6 Å². The molecule has 1 aromatic carbocycles. The molecule has 1 rings (SSSR count). The number of rotatable bonds is 1. The van der Waals surface area contributed by atoms with Crippen molar-refractivity contribution >= 4 is 23.5 Å². The molecule has 0 saturated carbocycles. The molecule has 4 nitrogen and oxygen atoms in total. The lowest BCUT2D eigenvalue weighted by Crippen LogP contribution is -2.27. The van der Waals surface area contributed by atoms with Crippen LogP contribution in [0.3, 0.4) is 0 Å². The standard InChI is InChI=1S/C8H6ClNO3/c9-5-1-3-6(4-2-5)13-8(12)7(10)11/h1-4H,(H2,10,11). The summed E-state index contributed by atoms with van der Waals surface area (Å²) in [5.41, 5.74) is 4.67. The van der Waals surface area contributed by atoms with Crippen LogP contribution in [0.4, 0.5) is 0 Å². The van der Waals surface area contributed by atoms with E-state index in [-0.39, 0.29) is 5.75 Å². The number of primary amides is 1. The Balaban J connectivity index is 2.70. The third-order valence-electron chi connectivity index (χ3n) is 1.23. The van der Waals surface area contributed by atoms with Gasteiger partial charge in [0.15, 0.2) is 0 Å². The fourth-order valence-electron chi connectivity index (χ4n) is 0.660. The molecular formula is C8H6ClNO3. The number of amides is 1. The van der Waals surface area contributed by atoms with E-state index >= 15 is 0 Å². The van der Waals surface area contributed by atoms with E-state index in [0.29, 0.717) is 5.02 Å². The molecule has 1 aromatic rings. The van der Waals surface area contributed by atoms with E-state index in [0.717, 1.165) is 0 Å². The molecule has 0 radical (unpaired) electrons. The molecule has 2 N–H and O–H groups in total. The molecule has 0 aliphatic carbocycles. The molecule has 0 bridgehead atoms. The van der Waals surface area contributed by atoms with Crippen molar-refractivity contribution in [2.75, 3.05) is 0 Å². The topological polar surface area (TPSA) is 69.4 Å². The monoisotopic (exact) mass is 199 g/mol. The Morgan fingerprint density at radius 2 is 1.77 bits per heavy atom. The fourth-order valence-corrected chi connectivity index (χ4v) is 0.786. The van der Waals surface area contributed by atoms with Crippen molar-refractivity contribution in [1.29, 1.82) is 0 Å². The molecule has 0 aliphatic heterocycles. The van der Waals surface area contributed by atoms with Crippen molar-refractivity contribution in [3.63, 3.8) is 0 Å². The Kier molecular flexibility index (Phi) is 2.87. The van der Waals surface area contributed by atoms with Gasteiger partial charge >= 0.3 is 11.9 Å². The molecular weight excluding hydrogens is 194 g/mol. The Morgan fingerprint density at radius 3 is 2.23 bits per heavy atom. The van der Waals surface area contributed by atoms with Gasteiger partial charge < -0.3 is 10.5 Å². The number of carbonyl (C=O) groups excluding carboxylic acids is 2. The number of nitrogens with two attached hydrogens (primary N) is 1. The van der Waals surface area contributed by atoms with E-state index in [9.17, 15) is 9.59 Å². The number of carbonyl (C=O) groups is 2. The van der Waals surface area contributed by atoms with E-state index < -0.39 is 11.9 Å². The zero-order valence-electron chi connectivity index (χ0n) is 6.49. The molecule has 0 saturated heterocycles. The van der Waals surface area contributed by atoms with Gasteiger partial charge in [0.05, 0.1) is 0 Å². The zero-order valence-corrected chi connectivity index (χ0v) is 7.25. The average molecular weight is 200 g/mol. The number of hydrogen-bond acceptors (Lipinski definition) is 3. The second-order valence-electron chi connectivity index (χ2n) is 2.21. The summed E-state index contributed by atoms with van der Waals surface area (Å²) < 4.78 is 4.56. The van der Waals surface area contributed by atoms with Gasteiger partial charge in [-0.1, -0.05) is 11.6 Å². The Hall–Kier alpha value is -1.55. The second kappa shape index (κ2) is 3.91. The minimum Gasteiger partial charge on any atom is -0.419 e. The molecule has 0 aliphatic rings. The molecule has 68 valence electrons. The fraction of sp³-hybridized carbons (Fsp3) is 0. The summed E-state index contributed by atoms with van der Waals surface area (Å²) in [6, 6.07) is 5.99. The van der Waals surface area contributed by atoms with Crippen molar-refractivity contribution in [2.24, 2.45) is 5.73 Å². The number of esters is 1. The SMILES string of the molecule is NC(=O)C(=O)Oc1ccc(Cl)cc1. The third kappa shape index (κ3) is 2.76. The van der Waals surface area contributed by atoms with Gasteiger partial charge in [-0.05, 0) is 24.3 Å². The summed E-state index contributed by atoms with van der Waals surface area (Å²) in [6.07, 6.45) is 0. The van der Waals surface area contributed by atoms with Gasteiger partial charge in [-0.3, -0.25) is 4.79 Å². The first-order valence-electron chi connectivity index (χ1n) is 3.37. The molecule has 0 heterocycles. The quantitative estimate of drug-likeness (QED) is 0.412. The van der Waals surface area contributed by atoms with Crippen LogP contribution in [-0.2, 0) is 9.59 Å². The predicted octanol–water partition coefficient (Wildman–Crippen LogP) is 0.731. The van der Waals surface area contributed by atoms with Crippen LogP contribution in [0.15, 0.2) is 24.3 Å². The number of hydrogen-bond donors (Lipinski definition) is 1. The summed E-state index contributed by atoms with van der Waals surface area (Å²) in [7, 11) is 0. The maximum absolute atomic E-state index is 10.7. The Labute approximate surface area is 79.2 Å². The van der Waals surface area contributed by atoms with E-state index in [1.165, 1.54) is 24.3 Å². The summed E-state index contributed by atoms with van der Waals surface area (Å²) >= 11 is 5.58. The molecule has 0 aromatic heterocycles. The smallest absolute Gasteiger partial charge is 0.401 e. The predicted molar refractivity (Wildman–Crippen MR) is 46.3 cm³/mol. The van der Waals surface area contributed by atoms with Crippen LogP contribution < -0.4 is 10.5 Å². The van der Waals surface area contributed by atoms with Gasteiger partial charge in [-0.2, -0.15) is 0 Å². The van der Waals surface area contributed by atoms with Gasteiger partial charge in [0.1, 0.15) is 5.75 Å². The first kappa shape index (κ1) is 9.54. The largest absolute Gasteiger partial charge is 0.419 e. The highest BCUT2D eigenvalue weighted by Crippen LogP contribution is 2.15. The van der Waals surface area contributed by atoms with Crippen LogP contribution in [-0.4, -0.2) is 11.9 Å². The first-order chi connectivity index (χ1) is 6.09. The van der Waals surface area contributed by atoms with E-state index in [1.807, 2.05) is 0 Å². The summed E-state index contributed by atoms with van der Waals surface area (Å²) in [4.78, 5) is 21.0. The highest BCUT2D eigenvalue weighted by Gasteiger charge is 2.10. The van der Waals surface area contributed by atoms with Gasteiger partial charge in [0.25, 0.3) is 0 Å². The Bertz CT molecular complexity index is 334. The third-order valence-corrected chi connectivity index (χ3v) is 1.48. The molecule has 0 spiro atoms. The van der Waals surface area contributed by atoms with Crippen LogP contribution in [0.2, 0.25) is 5.02 Å².